The molecule has 0 fully saturated rings. The summed E-state index contributed by atoms with van der Waals surface area (Å²) in [5, 5.41) is 0. The van der Waals surface area contributed by atoms with Crippen LogP contribution < -0.4 is 0 Å². The molecule has 32 heavy (non-hydrogen) atoms. The maximum absolute atomic E-state index is 13.6. The molecule has 2 aromatic rings. The van der Waals surface area contributed by atoms with Crippen LogP contribution in [0.25, 0.3) is 11.6 Å². The molecule has 0 radical (unpaired) electrons. The first kappa shape index (κ1) is 23.0. The molecule has 3 rings (SSSR count). The molecule has 1 heterocycles. The molecular weight excluding hydrogens is 406 g/mol. The number of cyclic esters (lactones) is 1. The maximum Gasteiger partial charge on any atom is 0.416 e. The zero-order chi connectivity index (χ0) is 23.3. The van der Waals surface area contributed by atoms with Crippen LogP contribution in [0.1, 0.15) is 38.8 Å². The minimum atomic E-state index is -1.36. The summed E-state index contributed by atoms with van der Waals surface area (Å²) in [5.74, 6) is -0.760. The predicted molar refractivity (Wildman–Crippen MR) is 122 cm³/mol. The number of benzene rings is 2. The second-order valence-corrected chi connectivity index (χ2v) is 7.93. The van der Waals surface area contributed by atoms with Crippen LogP contribution in [0.15, 0.2) is 72.0 Å². The Balaban J connectivity index is 1.98. The fourth-order valence-corrected chi connectivity index (χ4v) is 3.54. The Morgan fingerprint density at radius 1 is 1.06 bits per heavy atom. The summed E-state index contributed by atoms with van der Waals surface area (Å²) >= 11 is 0. The van der Waals surface area contributed by atoms with E-state index in [1.165, 1.54) is 11.0 Å². The van der Waals surface area contributed by atoms with Crippen LogP contribution >= 0.6 is 0 Å². The van der Waals surface area contributed by atoms with Gasteiger partial charge in [-0.15, -0.1) is 0 Å². The first-order chi connectivity index (χ1) is 15.3. The van der Waals surface area contributed by atoms with E-state index in [1.807, 2.05) is 48.5 Å². The van der Waals surface area contributed by atoms with Gasteiger partial charge in [-0.05, 0) is 44.9 Å². The lowest BCUT2D eigenvalue weighted by atomic mass is 9.88. The van der Waals surface area contributed by atoms with Gasteiger partial charge in [0.25, 0.3) is 0 Å². The molecule has 0 N–H and O–H groups in total. The number of esters is 1. The van der Waals surface area contributed by atoms with Gasteiger partial charge in [0.15, 0.2) is 5.78 Å². The summed E-state index contributed by atoms with van der Waals surface area (Å²) in [7, 11) is 0. The number of ketones is 1. The van der Waals surface area contributed by atoms with E-state index in [9.17, 15) is 14.4 Å². The second-order valence-electron chi connectivity index (χ2n) is 7.93. The molecular formula is C26H27NO5. The number of carbonyl (C=O) groups excluding carboxylic acids is 3. The van der Waals surface area contributed by atoms with Crippen molar-refractivity contribution in [2.75, 3.05) is 13.2 Å². The third-order valence-corrected chi connectivity index (χ3v) is 5.41. The predicted octanol–water partition coefficient (Wildman–Crippen LogP) is 4.86. The molecule has 0 aromatic heterocycles. The van der Waals surface area contributed by atoms with E-state index in [-0.39, 0.29) is 18.7 Å². The first-order valence-corrected chi connectivity index (χ1v) is 10.5. The van der Waals surface area contributed by atoms with E-state index in [0.717, 1.165) is 11.1 Å². The number of hydrogen-bond donors (Lipinski definition) is 0. The summed E-state index contributed by atoms with van der Waals surface area (Å²) in [4.78, 5) is 40.4. The van der Waals surface area contributed by atoms with E-state index in [2.05, 4.69) is 0 Å². The summed E-state index contributed by atoms with van der Waals surface area (Å²) in [6.45, 7) is 6.93. The van der Waals surface area contributed by atoms with E-state index in [4.69, 9.17) is 9.47 Å². The number of nitrogens with zero attached hydrogens (tertiary/aromatic N) is 1. The molecule has 0 saturated heterocycles. The molecule has 0 saturated carbocycles. The van der Waals surface area contributed by atoms with Crippen LogP contribution in [0, 0.1) is 0 Å². The Hall–Kier alpha value is -3.67. The van der Waals surface area contributed by atoms with Gasteiger partial charge in [-0.25, -0.2) is 9.59 Å². The molecule has 1 amide bonds. The highest BCUT2D eigenvalue weighted by molar-refractivity contribution is 6.24. The zero-order valence-corrected chi connectivity index (χ0v) is 18.8. The normalized spacial score (nSPS) is 14.8. The third kappa shape index (κ3) is 4.80. The molecule has 0 bridgehead atoms. The zero-order valence-electron chi connectivity index (χ0n) is 18.8. The lowest BCUT2D eigenvalue weighted by molar-refractivity contribution is -0.141. The van der Waals surface area contributed by atoms with E-state index >= 15 is 0 Å². The van der Waals surface area contributed by atoms with Gasteiger partial charge in [0.05, 0.1) is 13.2 Å². The van der Waals surface area contributed by atoms with Gasteiger partial charge in [0.2, 0.25) is 0 Å². The van der Waals surface area contributed by atoms with E-state index in [1.54, 1.807) is 39.8 Å². The number of allylic oxidation sites excluding steroid dienone is 1. The quantitative estimate of drug-likeness (QED) is 0.270. The van der Waals surface area contributed by atoms with Crippen LogP contribution in [0.5, 0.6) is 0 Å². The monoisotopic (exact) mass is 433 g/mol. The Labute approximate surface area is 188 Å². The number of rotatable bonds is 7. The SMILES string of the molecule is CCOC(=O)C(=Cc1ccccc1)C(=O)C(C)(C)N1CC(c2ccccc2)=C(C)OC1=O. The minimum Gasteiger partial charge on any atom is -0.462 e. The first-order valence-electron chi connectivity index (χ1n) is 10.5. The summed E-state index contributed by atoms with van der Waals surface area (Å²) < 4.78 is 10.6. The summed E-state index contributed by atoms with van der Waals surface area (Å²) in [6, 6.07) is 18.6. The second kappa shape index (κ2) is 9.64. The highest BCUT2D eigenvalue weighted by Crippen LogP contribution is 2.32. The standard InChI is InChI=1S/C26H27NO5/c1-5-31-24(29)21(16-19-12-8-6-9-13-19)23(28)26(3,4)27-17-22(18(2)32-25(27)30)20-14-10-7-11-15-20/h6-16H,5,17H2,1-4H3. The molecule has 0 unspecified atom stereocenters. The third-order valence-electron chi connectivity index (χ3n) is 5.41. The Bertz CT molecular complexity index is 1070. The minimum absolute atomic E-state index is 0.122. The van der Waals surface area contributed by atoms with E-state index in [0.29, 0.717) is 11.3 Å². The van der Waals surface area contributed by atoms with Crippen LogP contribution in [-0.4, -0.2) is 41.4 Å². The topological polar surface area (TPSA) is 72.9 Å². The largest absolute Gasteiger partial charge is 0.462 e. The van der Waals surface area contributed by atoms with Crippen molar-refractivity contribution in [2.24, 2.45) is 0 Å². The fourth-order valence-electron chi connectivity index (χ4n) is 3.54. The Morgan fingerprint density at radius 3 is 2.25 bits per heavy atom. The van der Waals surface area contributed by atoms with Crippen LogP contribution in [0.4, 0.5) is 4.79 Å². The molecule has 6 heteroatoms. The number of hydrogen-bond acceptors (Lipinski definition) is 5. The Kier molecular flexibility index (Phi) is 6.93. The van der Waals surface area contributed by atoms with Crippen LogP contribution in [0.2, 0.25) is 0 Å². The van der Waals surface area contributed by atoms with Crippen molar-refractivity contribution in [3.63, 3.8) is 0 Å². The molecule has 0 spiro atoms. The molecule has 1 aliphatic heterocycles. The summed E-state index contributed by atoms with van der Waals surface area (Å²) in [5.41, 5.74) is 0.905. The smallest absolute Gasteiger partial charge is 0.416 e. The Morgan fingerprint density at radius 2 is 1.66 bits per heavy atom. The van der Waals surface area contributed by atoms with Gasteiger partial charge < -0.3 is 9.47 Å². The van der Waals surface area contributed by atoms with Crippen LogP contribution in [-0.2, 0) is 19.1 Å². The molecule has 0 atom stereocenters. The van der Waals surface area contributed by atoms with Gasteiger partial charge in [0.1, 0.15) is 16.9 Å². The molecule has 2 aromatic carbocycles. The van der Waals surface area contributed by atoms with Gasteiger partial charge >= 0.3 is 12.1 Å². The summed E-state index contributed by atoms with van der Waals surface area (Å²) in [6.07, 6.45) is 0.861. The number of carbonyl (C=O) groups is 3. The van der Waals surface area contributed by atoms with Crippen molar-refractivity contribution in [1.82, 2.24) is 4.90 Å². The van der Waals surface area contributed by atoms with Gasteiger partial charge in [-0.3, -0.25) is 9.69 Å². The van der Waals surface area contributed by atoms with E-state index < -0.39 is 23.4 Å². The van der Waals surface area contributed by atoms with Crippen molar-refractivity contribution in [3.8, 4) is 0 Å². The van der Waals surface area contributed by atoms with Crippen molar-refractivity contribution in [2.45, 2.75) is 33.2 Å². The number of Topliss-reactive ketones (excluding diaryl/α,β-unsaturated/α-hetero) is 1. The van der Waals surface area contributed by atoms with Crippen molar-refractivity contribution in [1.29, 1.82) is 0 Å². The lowest BCUT2D eigenvalue weighted by Crippen LogP contribution is -2.56. The van der Waals surface area contributed by atoms with Gasteiger partial charge in [-0.2, -0.15) is 0 Å². The van der Waals surface area contributed by atoms with Crippen molar-refractivity contribution >= 4 is 29.5 Å². The molecule has 166 valence electrons. The average molecular weight is 434 g/mol. The lowest BCUT2D eigenvalue weighted by Gasteiger charge is -2.40. The van der Waals surface area contributed by atoms with Gasteiger partial charge in [-0.1, -0.05) is 60.7 Å². The van der Waals surface area contributed by atoms with Crippen molar-refractivity contribution < 1.29 is 23.9 Å². The average Bonchev–Trinajstić information content (AvgIpc) is 2.78. The van der Waals surface area contributed by atoms with Crippen LogP contribution in [0.3, 0.4) is 0 Å². The van der Waals surface area contributed by atoms with Crippen molar-refractivity contribution in [3.05, 3.63) is 83.1 Å². The molecule has 6 nitrogen and oxygen atoms in total. The fraction of sp³-hybridized carbons (Fsp3) is 0.269. The molecule has 1 aliphatic rings. The highest BCUT2D eigenvalue weighted by atomic mass is 16.6. The number of amides is 1. The maximum atomic E-state index is 13.6. The number of ether oxygens (including phenoxy) is 2. The van der Waals surface area contributed by atoms with Gasteiger partial charge in [0, 0.05) is 5.57 Å². The highest BCUT2D eigenvalue weighted by Gasteiger charge is 2.44. The molecule has 0 aliphatic carbocycles.